The fourth-order valence-electron chi connectivity index (χ4n) is 1.84. The molecule has 0 atom stereocenters. The third-order valence-electron chi connectivity index (χ3n) is 3.03. The van der Waals surface area contributed by atoms with Crippen molar-refractivity contribution in [3.63, 3.8) is 0 Å². The van der Waals surface area contributed by atoms with Crippen molar-refractivity contribution in [1.29, 1.82) is 0 Å². The Labute approximate surface area is 107 Å². The van der Waals surface area contributed by atoms with Gasteiger partial charge in [-0.05, 0) is 31.5 Å². The molecular formula is C15H17NO2. The summed E-state index contributed by atoms with van der Waals surface area (Å²) in [5.41, 5.74) is 3.80. The van der Waals surface area contributed by atoms with Crippen molar-refractivity contribution < 1.29 is 9.53 Å². The minimum Gasteiger partial charge on any atom is -0.456 e. The van der Waals surface area contributed by atoms with Crippen molar-refractivity contribution >= 4 is 5.97 Å². The van der Waals surface area contributed by atoms with E-state index in [-0.39, 0.29) is 5.97 Å². The monoisotopic (exact) mass is 243 g/mol. The normalized spacial score (nSPS) is 10.4. The van der Waals surface area contributed by atoms with Crippen molar-refractivity contribution in [2.24, 2.45) is 7.05 Å². The molecule has 1 aromatic heterocycles. The lowest BCUT2D eigenvalue weighted by molar-refractivity contribution is 0.0461. The van der Waals surface area contributed by atoms with E-state index in [1.54, 1.807) is 6.07 Å². The summed E-state index contributed by atoms with van der Waals surface area (Å²) in [5, 5.41) is 0. The Morgan fingerprint density at radius 1 is 1.22 bits per heavy atom. The molecular weight excluding hydrogens is 226 g/mol. The Balaban J connectivity index is 2.03. The Kier molecular flexibility index (Phi) is 3.51. The molecule has 1 aromatic carbocycles. The van der Waals surface area contributed by atoms with Gasteiger partial charge in [0.05, 0.1) is 0 Å². The second-order valence-electron chi connectivity index (χ2n) is 4.48. The maximum atomic E-state index is 11.9. The molecule has 0 unspecified atom stereocenters. The minimum absolute atomic E-state index is 0.285. The molecule has 1 heterocycles. The van der Waals surface area contributed by atoms with Crippen LogP contribution in [0, 0.1) is 13.8 Å². The highest BCUT2D eigenvalue weighted by molar-refractivity contribution is 5.87. The Bertz CT molecular complexity index is 570. The van der Waals surface area contributed by atoms with Crippen molar-refractivity contribution in [1.82, 2.24) is 4.57 Å². The maximum absolute atomic E-state index is 11.9. The largest absolute Gasteiger partial charge is 0.456 e. The van der Waals surface area contributed by atoms with E-state index < -0.39 is 0 Å². The molecule has 18 heavy (non-hydrogen) atoms. The zero-order valence-corrected chi connectivity index (χ0v) is 10.9. The van der Waals surface area contributed by atoms with E-state index >= 15 is 0 Å². The van der Waals surface area contributed by atoms with Crippen LogP contribution in [-0.4, -0.2) is 10.5 Å². The first-order valence-corrected chi connectivity index (χ1v) is 5.93. The first-order chi connectivity index (χ1) is 8.58. The van der Waals surface area contributed by atoms with E-state index in [4.69, 9.17) is 4.74 Å². The Morgan fingerprint density at radius 3 is 2.61 bits per heavy atom. The van der Waals surface area contributed by atoms with Crippen molar-refractivity contribution in [2.75, 3.05) is 0 Å². The molecule has 94 valence electrons. The van der Waals surface area contributed by atoms with Crippen LogP contribution in [0.5, 0.6) is 0 Å². The molecule has 3 nitrogen and oxygen atoms in total. The van der Waals surface area contributed by atoms with Crippen LogP contribution < -0.4 is 0 Å². The molecule has 0 saturated heterocycles. The first-order valence-electron chi connectivity index (χ1n) is 5.93. The van der Waals surface area contributed by atoms with E-state index in [0.29, 0.717) is 12.3 Å². The quantitative estimate of drug-likeness (QED) is 0.776. The summed E-state index contributed by atoms with van der Waals surface area (Å²) < 4.78 is 7.14. The van der Waals surface area contributed by atoms with Gasteiger partial charge in [0.15, 0.2) is 0 Å². The van der Waals surface area contributed by atoms with Gasteiger partial charge in [-0.1, -0.05) is 29.8 Å². The summed E-state index contributed by atoms with van der Waals surface area (Å²) in [6.07, 6.45) is 0. The smallest absolute Gasteiger partial charge is 0.355 e. The van der Waals surface area contributed by atoms with Gasteiger partial charge < -0.3 is 9.30 Å². The molecule has 0 aliphatic rings. The van der Waals surface area contributed by atoms with Crippen LogP contribution in [0.1, 0.15) is 27.3 Å². The molecule has 0 spiro atoms. The van der Waals surface area contributed by atoms with Crippen LogP contribution in [0.25, 0.3) is 0 Å². The fourth-order valence-corrected chi connectivity index (χ4v) is 1.84. The topological polar surface area (TPSA) is 31.2 Å². The van der Waals surface area contributed by atoms with E-state index in [0.717, 1.165) is 11.3 Å². The van der Waals surface area contributed by atoms with Crippen LogP contribution in [0.3, 0.4) is 0 Å². The average molecular weight is 243 g/mol. The summed E-state index contributed by atoms with van der Waals surface area (Å²) in [7, 11) is 1.86. The lowest BCUT2D eigenvalue weighted by atomic mass is 10.1. The van der Waals surface area contributed by atoms with Crippen molar-refractivity contribution in [2.45, 2.75) is 20.5 Å². The summed E-state index contributed by atoms with van der Waals surface area (Å²) in [6.45, 7) is 4.29. The van der Waals surface area contributed by atoms with Crippen LogP contribution in [0.4, 0.5) is 0 Å². The van der Waals surface area contributed by atoms with Gasteiger partial charge in [0.1, 0.15) is 12.3 Å². The van der Waals surface area contributed by atoms with Gasteiger partial charge in [0.25, 0.3) is 0 Å². The summed E-state index contributed by atoms with van der Waals surface area (Å²) in [5.74, 6) is -0.285. The van der Waals surface area contributed by atoms with Crippen LogP contribution in [-0.2, 0) is 18.4 Å². The summed E-state index contributed by atoms with van der Waals surface area (Å²) in [4.78, 5) is 11.9. The van der Waals surface area contributed by atoms with Gasteiger partial charge in [-0.25, -0.2) is 4.79 Å². The highest BCUT2D eigenvalue weighted by atomic mass is 16.5. The predicted octanol–water partition coefficient (Wildman–Crippen LogP) is 3.00. The minimum atomic E-state index is -0.285. The number of nitrogens with zero attached hydrogens (tertiary/aromatic N) is 1. The van der Waals surface area contributed by atoms with Gasteiger partial charge >= 0.3 is 5.97 Å². The molecule has 0 bridgehead atoms. The number of carbonyl (C=O) groups excluding carboxylic acids is 1. The molecule has 0 aliphatic carbocycles. The average Bonchev–Trinajstić information content (AvgIpc) is 2.67. The van der Waals surface area contributed by atoms with Crippen LogP contribution in [0.2, 0.25) is 0 Å². The van der Waals surface area contributed by atoms with Crippen LogP contribution >= 0.6 is 0 Å². The number of hydrogen-bond donors (Lipinski definition) is 0. The molecule has 0 aliphatic heterocycles. The molecule has 3 heteroatoms. The SMILES string of the molecule is Cc1cccc(COC(=O)c2ccc(C)n2C)c1. The highest BCUT2D eigenvalue weighted by Gasteiger charge is 2.12. The van der Waals surface area contributed by atoms with E-state index in [1.807, 2.05) is 55.8 Å². The summed E-state index contributed by atoms with van der Waals surface area (Å²) >= 11 is 0. The highest BCUT2D eigenvalue weighted by Crippen LogP contribution is 2.10. The first kappa shape index (κ1) is 12.4. The molecule has 2 aromatic rings. The fraction of sp³-hybridized carbons (Fsp3) is 0.267. The van der Waals surface area contributed by atoms with Gasteiger partial charge in [-0.2, -0.15) is 0 Å². The molecule has 0 radical (unpaired) electrons. The lowest BCUT2D eigenvalue weighted by Gasteiger charge is -2.07. The van der Waals surface area contributed by atoms with Crippen LogP contribution in [0.15, 0.2) is 36.4 Å². The van der Waals surface area contributed by atoms with E-state index in [1.165, 1.54) is 5.56 Å². The Morgan fingerprint density at radius 2 is 2.00 bits per heavy atom. The number of aryl methyl sites for hydroxylation is 2. The Hall–Kier alpha value is -2.03. The molecule has 0 amide bonds. The number of aromatic nitrogens is 1. The second-order valence-corrected chi connectivity index (χ2v) is 4.48. The van der Waals surface area contributed by atoms with Gasteiger partial charge in [0.2, 0.25) is 0 Å². The third kappa shape index (κ3) is 2.62. The molecule has 0 fully saturated rings. The third-order valence-corrected chi connectivity index (χ3v) is 3.03. The second kappa shape index (κ2) is 5.08. The van der Waals surface area contributed by atoms with Crippen molar-refractivity contribution in [3.8, 4) is 0 Å². The number of carbonyl (C=O) groups is 1. The van der Waals surface area contributed by atoms with Crippen molar-refractivity contribution in [3.05, 3.63) is 58.9 Å². The van der Waals surface area contributed by atoms with Gasteiger partial charge in [0, 0.05) is 12.7 Å². The summed E-state index contributed by atoms with van der Waals surface area (Å²) in [6, 6.07) is 11.6. The molecule has 0 saturated carbocycles. The van der Waals surface area contributed by atoms with E-state index in [2.05, 4.69) is 0 Å². The predicted molar refractivity (Wildman–Crippen MR) is 70.4 cm³/mol. The van der Waals surface area contributed by atoms with E-state index in [9.17, 15) is 4.79 Å². The number of rotatable bonds is 3. The molecule has 2 rings (SSSR count). The lowest BCUT2D eigenvalue weighted by Crippen LogP contribution is -2.10. The zero-order chi connectivity index (χ0) is 13.1. The standard InChI is InChI=1S/C15H17NO2/c1-11-5-4-6-13(9-11)10-18-15(17)14-8-7-12(2)16(14)3/h4-9H,10H2,1-3H3. The zero-order valence-electron chi connectivity index (χ0n) is 10.9. The van der Waals surface area contributed by atoms with Gasteiger partial charge in [-0.15, -0.1) is 0 Å². The van der Waals surface area contributed by atoms with Gasteiger partial charge in [-0.3, -0.25) is 0 Å². The maximum Gasteiger partial charge on any atom is 0.355 e. The molecule has 0 N–H and O–H groups in total. The number of hydrogen-bond acceptors (Lipinski definition) is 2. The number of ether oxygens (including phenoxy) is 1. The number of benzene rings is 1. The number of esters is 1.